The van der Waals surface area contributed by atoms with Gasteiger partial charge in [0.2, 0.25) is 11.8 Å². The number of rotatable bonds is 7. The molecule has 0 aliphatic heterocycles. The quantitative estimate of drug-likeness (QED) is 0.543. The second kappa shape index (κ2) is 8.85. The number of hydrogen-bond donors (Lipinski definition) is 1. The molecular formula is C18H15BrClN3O4S. The predicted octanol–water partition coefficient (Wildman–Crippen LogP) is 4.03. The Labute approximate surface area is 175 Å². The molecule has 1 heterocycles. The number of nitrogens with zero attached hydrogens (tertiary/aromatic N) is 2. The number of carbonyl (C=O) groups is 1. The first-order valence-electron chi connectivity index (χ1n) is 8.17. The number of aryl methyl sites for hydroxylation is 1. The van der Waals surface area contributed by atoms with Crippen molar-refractivity contribution in [3.8, 4) is 0 Å². The van der Waals surface area contributed by atoms with Crippen molar-refractivity contribution >= 4 is 49.0 Å². The second-order valence-electron chi connectivity index (χ2n) is 5.87. The first-order valence-corrected chi connectivity index (χ1v) is 11.0. The minimum absolute atomic E-state index is 0.0401. The van der Waals surface area contributed by atoms with E-state index in [0.29, 0.717) is 10.7 Å². The maximum Gasteiger partial charge on any atom is 0.227 e. The summed E-state index contributed by atoms with van der Waals surface area (Å²) in [5, 5.41) is 6.89. The van der Waals surface area contributed by atoms with Gasteiger partial charge in [-0.25, -0.2) is 8.42 Å². The smallest absolute Gasteiger partial charge is 0.227 e. The lowest BCUT2D eigenvalue weighted by Crippen LogP contribution is -2.12. The van der Waals surface area contributed by atoms with Gasteiger partial charge in [0.1, 0.15) is 5.75 Å². The third kappa shape index (κ3) is 5.63. The topological polar surface area (TPSA) is 102 Å². The number of hydrogen-bond acceptors (Lipinski definition) is 6. The van der Waals surface area contributed by atoms with Crippen LogP contribution in [0.4, 0.5) is 5.69 Å². The Morgan fingerprint density at radius 3 is 2.46 bits per heavy atom. The van der Waals surface area contributed by atoms with Crippen molar-refractivity contribution in [3.05, 3.63) is 69.7 Å². The molecule has 0 bridgehead atoms. The molecule has 3 aromatic rings. The van der Waals surface area contributed by atoms with Gasteiger partial charge in [0.15, 0.2) is 15.7 Å². The van der Waals surface area contributed by atoms with Crippen LogP contribution in [0.3, 0.4) is 0 Å². The summed E-state index contributed by atoms with van der Waals surface area (Å²) in [5.74, 6) is -0.371. The largest absolute Gasteiger partial charge is 0.339 e. The van der Waals surface area contributed by atoms with E-state index in [1.54, 1.807) is 12.1 Å². The van der Waals surface area contributed by atoms with E-state index >= 15 is 0 Å². The third-order valence-corrected chi connectivity index (χ3v) is 6.11. The van der Waals surface area contributed by atoms with E-state index in [4.69, 9.17) is 16.1 Å². The molecular weight excluding hydrogens is 470 g/mol. The normalized spacial score (nSPS) is 11.4. The van der Waals surface area contributed by atoms with Gasteiger partial charge in [-0.1, -0.05) is 32.7 Å². The van der Waals surface area contributed by atoms with Crippen molar-refractivity contribution in [2.45, 2.75) is 23.5 Å². The van der Waals surface area contributed by atoms with Crippen LogP contribution in [0.25, 0.3) is 0 Å². The van der Waals surface area contributed by atoms with E-state index in [0.717, 1.165) is 4.47 Å². The van der Waals surface area contributed by atoms with Crippen LogP contribution in [0.5, 0.6) is 0 Å². The lowest BCUT2D eigenvalue weighted by molar-refractivity contribution is -0.116. The molecule has 1 amide bonds. The standard InChI is InChI=1S/C18H15BrClN3O4S/c19-12-1-5-14(6-2-12)21-17(24)9-10-18-22-16(23-27-18)11-28(25,26)15-7-3-13(20)4-8-15/h1-8H,9-11H2,(H,21,24). The molecule has 0 radical (unpaired) electrons. The average molecular weight is 485 g/mol. The Morgan fingerprint density at radius 1 is 1.11 bits per heavy atom. The molecule has 28 heavy (non-hydrogen) atoms. The Hall–Kier alpha value is -2.23. The average Bonchev–Trinajstić information content (AvgIpc) is 3.09. The fourth-order valence-corrected chi connectivity index (χ4v) is 3.89. The summed E-state index contributed by atoms with van der Waals surface area (Å²) in [5.41, 5.74) is 0.675. The van der Waals surface area contributed by atoms with E-state index in [1.807, 2.05) is 12.1 Å². The summed E-state index contributed by atoms with van der Waals surface area (Å²) in [7, 11) is -3.62. The Kier molecular flexibility index (Phi) is 6.48. The van der Waals surface area contributed by atoms with Crippen molar-refractivity contribution in [3.63, 3.8) is 0 Å². The van der Waals surface area contributed by atoms with Gasteiger partial charge in [0.25, 0.3) is 0 Å². The van der Waals surface area contributed by atoms with Crippen LogP contribution in [0.15, 0.2) is 62.4 Å². The molecule has 0 saturated carbocycles. The number of anilines is 1. The molecule has 1 N–H and O–H groups in total. The van der Waals surface area contributed by atoms with Crippen molar-refractivity contribution in [1.29, 1.82) is 0 Å². The van der Waals surface area contributed by atoms with Crippen molar-refractivity contribution < 1.29 is 17.7 Å². The zero-order valence-electron chi connectivity index (χ0n) is 14.4. The number of nitrogens with one attached hydrogen (secondary N) is 1. The van der Waals surface area contributed by atoms with Crippen LogP contribution in [-0.4, -0.2) is 24.5 Å². The van der Waals surface area contributed by atoms with Gasteiger partial charge >= 0.3 is 0 Å². The van der Waals surface area contributed by atoms with Gasteiger partial charge in [0.05, 0.1) is 4.90 Å². The van der Waals surface area contributed by atoms with Crippen molar-refractivity contribution in [2.75, 3.05) is 5.32 Å². The second-order valence-corrected chi connectivity index (χ2v) is 9.21. The molecule has 2 aromatic carbocycles. The fourth-order valence-electron chi connectivity index (χ4n) is 2.32. The van der Waals surface area contributed by atoms with E-state index < -0.39 is 15.6 Å². The number of carbonyl (C=O) groups excluding carboxylic acids is 1. The van der Waals surface area contributed by atoms with E-state index in [-0.39, 0.29) is 35.4 Å². The van der Waals surface area contributed by atoms with E-state index in [9.17, 15) is 13.2 Å². The maximum absolute atomic E-state index is 12.4. The Bertz CT molecular complexity index is 1070. The van der Waals surface area contributed by atoms with Crippen LogP contribution in [0.2, 0.25) is 5.02 Å². The summed E-state index contributed by atoms with van der Waals surface area (Å²) in [6.07, 6.45) is 0.331. The van der Waals surface area contributed by atoms with Crippen LogP contribution >= 0.6 is 27.5 Å². The molecule has 7 nitrogen and oxygen atoms in total. The monoisotopic (exact) mass is 483 g/mol. The van der Waals surface area contributed by atoms with Gasteiger partial charge in [-0.2, -0.15) is 4.98 Å². The highest BCUT2D eigenvalue weighted by Gasteiger charge is 2.19. The van der Waals surface area contributed by atoms with Crippen LogP contribution < -0.4 is 5.32 Å². The molecule has 0 spiro atoms. The number of amides is 1. The van der Waals surface area contributed by atoms with Gasteiger partial charge in [-0.05, 0) is 48.5 Å². The summed E-state index contributed by atoms with van der Waals surface area (Å²) >= 11 is 9.10. The molecule has 0 aliphatic carbocycles. The molecule has 0 saturated heterocycles. The van der Waals surface area contributed by atoms with Gasteiger partial charge < -0.3 is 9.84 Å². The van der Waals surface area contributed by atoms with Crippen molar-refractivity contribution in [1.82, 2.24) is 10.1 Å². The minimum atomic E-state index is -3.62. The van der Waals surface area contributed by atoms with Crippen molar-refractivity contribution in [2.24, 2.45) is 0 Å². The first kappa shape index (κ1) is 20.5. The Morgan fingerprint density at radius 2 is 1.79 bits per heavy atom. The third-order valence-electron chi connectivity index (χ3n) is 3.70. The summed E-state index contributed by atoms with van der Waals surface area (Å²) in [6, 6.07) is 13.0. The molecule has 0 unspecified atom stereocenters. The molecule has 10 heteroatoms. The molecule has 146 valence electrons. The van der Waals surface area contributed by atoms with Gasteiger partial charge in [-0.3, -0.25) is 4.79 Å². The van der Waals surface area contributed by atoms with Crippen LogP contribution in [0.1, 0.15) is 18.1 Å². The highest BCUT2D eigenvalue weighted by molar-refractivity contribution is 9.10. The minimum Gasteiger partial charge on any atom is -0.339 e. The zero-order valence-corrected chi connectivity index (χ0v) is 17.6. The number of sulfone groups is 1. The molecule has 0 fully saturated rings. The first-order chi connectivity index (χ1) is 13.3. The number of aromatic nitrogens is 2. The lowest BCUT2D eigenvalue weighted by atomic mass is 10.2. The highest BCUT2D eigenvalue weighted by atomic mass is 79.9. The van der Waals surface area contributed by atoms with Gasteiger partial charge in [-0.15, -0.1) is 0 Å². The van der Waals surface area contributed by atoms with Gasteiger partial charge in [0, 0.05) is 28.0 Å². The molecule has 0 atom stereocenters. The summed E-state index contributed by atoms with van der Waals surface area (Å²) < 4.78 is 30.7. The Balaban J connectivity index is 1.55. The molecule has 1 aromatic heterocycles. The molecule has 3 rings (SSSR count). The summed E-state index contributed by atoms with van der Waals surface area (Å²) in [6.45, 7) is 0. The number of benzene rings is 2. The summed E-state index contributed by atoms with van der Waals surface area (Å²) in [4.78, 5) is 16.2. The van der Waals surface area contributed by atoms with Crippen LogP contribution in [-0.2, 0) is 26.8 Å². The fraction of sp³-hybridized carbons (Fsp3) is 0.167. The highest BCUT2D eigenvalue weighted by Crippen LogP contribution is 2.18. The number of halogens is 2. The van der Waals surface area contributed by atoms with E-state index in [2.05, 4.69) is 31.4 Å². The maximum atomic E-state index is 12.4. The zero-order chi connectivity index (χ0) is 20.1. The lowest BCUT2D eigenvalue weighted by Gasteiger charge is -2.03. The molecule has 0 aliphatic rings. The van der Waals surface area contributed by atoms with Crippen LogP contribution in [0, 0.1) is 0 Å². The predicted molar refractivity (Wildman–Crippen MR) is 108 cm³/mol. The SMILES string of the molecule is O=C(CCc1nc(CS(=O)(=O)c2ccc(Cl)cc2)no1)Nc1ccc(Br)cc1. The van der Waals surface area contributed by atoms with E-state index in [1.165, 1.54) is 24.3 Å².